The van der Waals surface area contributed by atoms with Gasteiger partial charge in [-0.2, -0.15) is 0 Å². The third-order valence-corrected chi connectivity index (χ3v) is 4.86. The van der Waals surface area contributed by atoms with E-state index in [4.69, 9.17) is 16.7 Å². The fourth-order valence-electron chi connectivity index (χ4n) is 3.28. The molecule has 1 amide bonds. The van der Waals surface area contributed by atoms with Crippen molar-refractivity contribution in [2.75, 3.05) is 44.3 Å². The van der Waals surface area contributed by atoms with Crippen molar-refractivity contribution in [3.8, 4) is 0 Å². The Hall–Kier alpha value is -2.46. The van der Waals surface area contributed by atoms with Crippen LogP contribution in [0.4, 0.5) is 13.6 Å². The first-order valence-corrected chi connectivity index (χ1v) is 9.17. The van der Waals surface area contributed by atoms with E-state index in [1.165, 1.54) is 4.68 Å². The van der Waals surface area contributed by atoms with E-state index in [1.807, 2.05) is 0 Å². The number of halogens is 3. The monoisotopic (exact) mass is 415 g/mol. The van der Waals surface area contributed by atoms with Gasteiger partial charge in [-0.25, -0.2) is 23.2 Å². The highest BCUT2D eigenvalue weighted by molar-refractivity contribution is 6.35. The molecule has 1 aliphatic heterocycles. The number of hydrogen-bond donors (Lipinski definition) is 2. The zero-order valence-electron chi connectivity index (χ0n) is 14.9. The highest BCUT2D eigenvalue weighted by atomic mass is 35.5. The molecule has 0 saturated carbocycles. The second-order valence-electron chi connectivity index (χ2n) is 6.41. The lowest BCUT2D eigenvalue weighted by Gasteiger charge is -2.37. The maximum atomic E-state index is 13.2. The molecular weight excluding hydrogens is 396 g/mol. The molecule has 1 fully saturated rings. The number of benzene rings is 1. The van der Waals surface area contributed by atoms with E-state index in [0.717, 1.165) is 0 Å². The molecule has 152 valence electrons. The Labute approximate surface area is 164 Å². The molecule has 3 rings (SSSR count). The second-order valence-corrected chi connectivity index (χ2v) is 6.81. The predicted octanol–water partition coefficient (Wildman–Crippen LogP) is 1.38. The Bertz CT molecular complexity index is 916. The highest BCUT2D eigenvalue weighted by Crippen LogP contribution is 2.19. The summed E-state index contributed by atoms with van der Waals surface area (Å²) in [5.74, 6) is 0.385. The molecule has 2 aromatic rings. The van der Waals surface area contributed by atoms with Crippen LogP contribution in [-0.2, 0) is 6.42 Å². The van der Waals surface area contributed by atoms with Gasteiger partial charge in [0, 0.05) is 39.1 Å². The Balaban J connectivity index is 1.94. The minimum absolute atomic E-state index is 0.0825. The average Bonchev–Trinajstić information content (AvgIpc) is 2.62. The summed E-state index contributed by atoms with van der Waals surface area (Å²) in [4.78, 5) is 30.0. The Morgan fingerprint density at radius 2 is 2.00 bits per heavy atom. The van der Waals surface area contributed by atoms with E-state index in [9.17, 15) is 18.4 Å². The number of aromatic nitrogens is 2. The van der Waals surface area contributed by atoms with Gasteiger partial charge in [0.25, 0.3) is 12.0 Å². The lowest BCUT2D eigenvalue weighted by Crippen LogP contribution is -2.55. The van der Waals surface area contributed by atoms with Crippen LogP contribution in [0.15, 0.2) is 23.0 Å². The summed E-state index contributed by atoms with van der Waals surface area (Å²) in [5.41, 5.74) is 0.0682. The summed E-state index contributed by atoms with van der Waals surface area (Å²) >= 11 is 6.20. The number of carbonyl (C=O) groups is 1. The van der Waals surface area contributed by atoms with E-state index < -0.39 is 12.5 Å². The molecule has 2 heterocycles. The van der Waals surface area contributed by atoms with Crippen LogP contribution in [0.1, 0.15) is 5.82 Å². The lowest BCUT2D eigenvalue weighted by molar-refractivity contribution is 0.0824. The first-order chi connectivity index (χ1) is 13.4. The van der Waals surface area contributed by atoms with Gasteiger partial charge in [-0.3, -0.25) is 9.69 Å². The van der Waals surface area contributed by atoms with Gasteiger partial charge >= 0.3 is 6.09 Å². The molecule has 28 heavy (non-hydrogen) atoms. The van der Waals surface area contributed by atoms with Crippen molar-refractivity contribution in [3.63, 3.8) is 0 Å². The van der Waals surface area contributed by atoms with Gasteiger partial charge in [0.2, 0.25) is 0 Å². The number of nitrogens with zero attached hydrogens (tertiary/aromatic N) is 4. The number of carboxylic acid groups (broad SMARTS) is 1. The third-order valence-electron chi connectivity index (χ3n) is 4.54. The third kappa shape index (κ3) is 4.50. The number of alkyl halides is 2. The molecule has 0 radical (unpaired) electrons. The van der Waals surface area contributed by atoms with Crippen LogP contribution in [0.2, 0.25) is 5.02 Å². The van der Waals surface area contributed by atoms with Crippen molar-refractivity contribution < 1.29 is 18.7 Å². The van der Waals surface area contributed by atoms with Gasteiger partial charge in [-0.1, -0.05) is 17.7 Å². The van der Waals surface area contributed by atoms with Crippen LogP contribution in [0.25, 0.3) is 10.9 Å². The molecule has 8 nitrogen and oxygen atoms in total. The molecular formula is C17H20ClF2N5O3. The summed E-state index contributed by atoms with van der Waals surface area (Å²) in [5, 5.41) is 13.3. The largest absolute Gasteiger partial charge is 0.465 e. The maximum absolute atomic E-state index is 13.2. The number of nitrogens with one attached hydrogen (secondary N) is 1. The van der Waals surface area contributed by atoms with Crippen molar-refractivity contribution >= 4 is 28.6 Å². The van der Waals surface area contributed by atoms with E-state index in [-0.39, 0.29) is 35.5 Å². The van der Waals surface area contributed by atoms with Crippen LogP contribution in [0, 0.1) is 0 Å². The smallest absolute Gasteiger partial charge is 0.404 e. The molecule has 0 unspecified atom stereocenters. The summed E-state index contributed by atoms with van der Waals surface area (Å²) in [6, 6.07) is 4.95. The zero-order valence-corrected chi connectivity index (χ0v) is 15.7. The first-order valence-electron chi connectivity index (χ1n) is 8.79. The van der Waals surface area contributed by atoms with Crippen LogP contribution < -0.4 is 15.9 Å². The molecule has 11 heteroatoms. The molecule has 1 aliphatic rings. The predicted molar refractivity (Wildman–Crippen MR) is 101 cm³/mol. The number of fused-ring (bicyclic) bond motifs is 1. The van der Waals surface area contributed by atoms with Crippen LogP contribution >= 0.6 is 11.6 Å². The standard InChI is InChI=1S/C17H20ClF2N5O3/c18-11-2-1-3-12-15(11)16(26)25(14(22-12)4-5-21-17(27)28)24-8-6-23(7-9-24)10-13(19)20/h1-3,13,21H,4-10H2,(H,27,28). The summed E-state index contributed by atoms with van der Waals surface area (Å²) in [6.07, 6.45) is -3.38. The molecule has 0 bridgehead atoms. The molecule has 0 atom stereocenters. The van der Waals surface area contributed by atoms with Gasteiger partial charge in [0.15, 0.2) is 0 Å². The SMILES string of the molecule is O=C(O)NCCc1nc2cccc(Cl)c2c(=O)n1N1CCN(CC(F)F)CC1. The molecule has 0 aliphatic carbocycles. The minimum Gasteiger partial charge on any atom is -0.465 e. The van der Waals surface area contributed by atoms with Crippen LogP contribution in [0.3, 0.4) is 0 Å². The second kappa shape index (κ2) is 8.70. The number of amides is 1. The topological polar surface area (TPSA) is 90.7 Å². The fourth-order valence-corrected chi connectivity index (χ4v) is 3.53. The summed E-state index contributed by atoms with van der Waals surface area (Å²) in [7, 11) is 0. The quantitative estimate of drug-likeness (QED) is 0.740. The van der Waals surface area contributed by atoms with Crippen LogP contribution in [0.5, 0.6) is 0 Å². The van der Waals surface area contributed by atoms with E-state index in [0.29, 0.717) is 37.5 Å². The normalized spacial score (nSPS) is 15.4. The zero-order chi connectivity index (χ0) is 20.3. The molecule has 1 saturated heterocycles. The van der Waals surface area contributed by atoms with Crippen molar-refractivity contribution in [3.05, 3.63) is 39.4 Å². The van der Waals surface area contributed by atoms with E-state index in [2.05, 4.69) is 10.3 Å². The van der Waals surface area contributed by atoms with Crippen molar-refractivity contribution in [1.82, 2.24) is 19.9 Å². The molecule has 0 spiro atoms. The van der Waals surface area contributed by atoms with Crippen LogP contribution in [-0.4, -0.2) is 71.5 Å². The number of hydrogen-bond acceptors (Lipinski definition) is 5. The van der Waals surface area contributed by atoms with Crippen molar-refractivity contribution in [2.24, 2.45) is 0 Å². The highest BCUT2D eigenvalue weighted by Gasteiger charge is 2.24. The summed E-state index contributed by atoms with van der Waals surface area (Å²) in [6.45, 7) is 1.26. The number of piperazine rings is 1. The van der Waals surface area contributed by atoms with Gasteiger partial charge in [0.1, 0.15) is 5.82 Å². The maximum Gasteiger partial charge on any atom is 0.404 e. The van der Waals surface area contributed by atoms with Gasteiger partial charge < -0.3 is 15.4 Å². The first kappa shape index (κ1) is 20.3. The Morgan fingerprint density at radius 1 is 1.29 bits per heavy atom. The minimum atomic E-state index is -2.41. The van der Waals surface area contributed by atoms with Gasteiger partial charge in [0.05, 0.1) is 22.5 Å². The summed E-state index contributed by atoms with van der Waals surface area (Å²) < 4.78 is 26.6. The number of rotatable bonds is 6. The molecule has 1 aromatic heterocycles. The van der Waals surface area contributed by atoms with Gasteiger partial charge in [-0.15, -0.1) is 0 Å². The van der Waals surface area contributed by atoms with E-state index in [1.54, 1.807) is 28.1 Å². The van der Waals surface area contributed by atoms with E-state index >= 15 is 0 Å². The molecule has 2 N–H and O–H groups in total. The average molecular weight is 416 g/mol. The van der Waals surface area contributed by atoms with Crippen molar-refractivity contribution in [1.29, 1.82) is 0 Å². The Morgan fingerprint density at radius 3 is 2.64 bits per heavy atom. The molecule has 1 aromatic carbocycles. The van der Waals surface area contributed by atoms with Gasteiger partial charge in [-0.05, 0) is 12.1 Å². The van der Waals surface area contributed by atoms with Crippen molar-refractivity contribution in [2.45, 2.75) is 12.8 Å². The lowest BCUT2D eigenvalue weighted by atomic mass is 10.2. The fraction of sp³-hybridized carbons (Fsp3) is 0.471. The Kier molecular flexibility index (Phi) is 6.30.